The summed E-state index contributed by atoms with van der Waals surface area (Å²) in [6, 6.07) is 4.36. The number of hydrogen-bond donors (Lipinski definition) is 2. The molecule has 0 saturated heterocycles. The van der Waals surface area contributed by atoms with Gasteiger partial charge in [0, 0.05) is 13.1 Å². The molecule has 35 heavy (non-hydrogen) atoms. The zero-order valence-corrected chi connectivity index (χ0v) is 23.3. The van der Waals surface area contributed by atoms with Gasteiger partial charge in [0.25, 0.3) is 0 Å². The molecule has 2 unspecified atom stereocenters. The van der Waals surface area contributed by atoms with E-state index in [0.29, 0.717) is 19.5 Å². The number of likely N-dealkylation sites (N-methyl/N-ethyl adjacent to an activating group) is 1. The summed E-state index contributed by atoms with van der Waals surface area (Å²) in [4.78, 5) is 41.5. The van der Waals surface area contributed by atoms with Crippen molar-refractivity contribution in [1.29, 1.82) is 0 Å². The summed E-state index contributed by atoms with van der Waals surface area (Å²) in [5.41, 5.74) is 2.08. The Morgan fingerprint density at radius 3 is 2.26 bits per heavy atom. The van der Waals surface area contributed by atoms with Crippen molar-refractivity contribution < 1.29 is 19.1 Å². The Hall–Kier alpha value is -2.57. The number of nitrogens with one attached hydrogen (secondary N) is 2. The Balaban J connectivity index is 3.36. The lowest BCUT2D eigenvalue weighted by Crippen LogP contribution is -2.53. The first kappa shape index (κ1) is 30.5. The first-order valence-electron chi connectivity index (χ1n) is 13.0. The van der Waals surface area contributed by atoms with Crippen molar-refractivity contribution in [2.45, 2.75) is 106 Å². The van der Waals surface area contributed by atoms with E-state index in [0.717, 1.165) is 36.0 Å². The lowest BCUT2D eigenvalue weighted by molar-refractivity contribution is -0.142. The normalized spacial score (nSPS) is 13.2. The molecule has 1 rings (SSSR count). The molecule has 0 aliphatic carbocycles. The summed E-state index contributed by atoms with van der Waals surface area (Å²) >= 11 is 0. The van der Waals surface area contributed by atoms with E-state index < -0.39 is 23.8 Å². The van der Waals surface area contributed by atoms with Crippen LogP contribution in [0.2, 0.25) is 0 Å². The lowest BCUT2D eigenvalue weighted by Gasteiger charge is -2.35. The first-order chi connectivity index (χ1) is 16.3. The smallest absolute Gasteiger partial charge is 0.408 e. The van der Waals surface area contributed by atoms with Gasteiger partial charge in [-0.15, -0.1) is 0 Å². The number of hydrogen-bond acceptors (Lipinski definition) is 4. The van der Waals surface area contributed by atoms with Crippen LogP contribution in [0.4, 0.5) is 4.79 Å². The molecule has 1 aromatic rings. The van der Waals surface area contributed by atoms with Crippen LogP contribution >= 0.6 is 0 Å². The number of aryl methyl sites for hydroxylation is 2. The number of alkyl carbamates (subject to hydrolysis) is 1. The highest BCUT2D eigenvalue weighted by Gasteiger charge is 2.36. The maximum Gasteiger partial charge on any atom is 0.408 e. The third kappa shape index (κ3) is 10.3. The number of rotatable bonds is 12. The molecule has 0 aliphatic heterocycles. The second-order valence-electron chi connectivity index (χ2n) is 10.7. The van der Waals surface area contributed by atoms with Crippen molar-refractivity contribution in [3.05, 3.63) is 34.9 Å². The molecule has 0 spiro atoms. The maximum atomic E-state index is 13.9. The summed E-state index contributed by atoms with van der Waals surface area (Å²) in [5, 5.41) is 5.81. The average molecular weight is 490 g/mol. The van der Waals surface area contributed by atoms with Crippen molar-refractivity contribution in [3.8, 4) is 0 Å². The minimum atomic E-state index is -0.801. The number of carbonyl (C=O) groups excluding carboxylic acids is 3. The van der Waals surface area contributed by atoms with Crippen LogP contribution in [0.1, 0.15) is 96.9 Å². The van der Waals surface area contributed by atoms with Crippen LogP contribution in [0, 0.1) is 19.8 Å². The molecule has 0 bridgehead atoms. The Bertz CT molecular complexity index is 845. The quantitative estimate of drug-likeness (QED) is 0.383. The Morgan fingerprint density at radius 1 is 1.06 bits per heavy atom. The van der Waals surface area contributed by atoms with E-state index in [1.54, 1.807) is 25.7 Å². The van der Waals surface area contributed by atoms with Crippen molar-refractivity contribution in [2.75, 3.05) is 13.1 Å². The second-order valence-corrected chi connectivity index (χ2v) is 10.7. The number of benzene rings is 1. The number of amides is 3. The van der Waals surface area contributed by atoms with Gasteiger partial charge < -0.3 is 20.3 Å². The zero-order valence-electron chi connectivity index (χ0n) is 23.3. The van der Waals surface area contributed by atoms with Gasteiger partial charge in [0.05, 0.1) is 0 Å². The van der Waals surface area contributed by atoms with Gasteiger partial charge in [-0.2, -0.15) is 0 Å². The largest absolute Gasteiger partial charge is 0.444 e. The Morgan fingerprint density at radius 2 is 1.71 bits per heavy atom. The molecule has 0 radical (unpaired) electrons. The van der Waals surface area contributed by atoms with Crippen LogP contribution in [-0.4, -0.2) is 47.5 Å². The van der Waals surface area contributed by atoms with Gasteiger partial charge >= 0.3 is 6.09 Å². The molecule has 0 heterocycles. The molecule has 1 aromatic carbocycles. The number of ether oxygens (including phenoxy) is 1. The molecule has 0 fully saturated rings. The van der Waals surface area contributed by atoms with Crippen molar-refractivity contribution >= 4 is 17.9 Å². The van der Waals surface area contributed by atoms with Crippen molar-refractivity contribution in [1.82, 2.24) is 15.5 Å². The van der Waals surface area contributed by atoms with Crippen LogP contribution in [0.15, 0.2) is 18.2 Å². The number of unbranched alkanes of at least 4 members (excludes halogenated alkanes) is 2. The van der Waals surface area contributed by atoms with Gasteiger partial charge in [-0.3, -0.25) is 9.59 Å². The molecule has 2 atom stereocenters. The summed E-state index contributed by atoms with van der Waals surface area (Å²) < 4.78 is 5.42. The van der Waals surface area contributed by atoms with E-state index in [1.165, 1.54) is 0 Å². The van der Waals surface area contributed by atoms with E-state index in [2.05, 4.69) is 17.6 Å². The Kier molecular flexibility index (Phi) is 12.3. The van der Waals surface area contributed by atoms with Gasteiger partial charge in [0.2, 0.25) is 11.8 Å². The van der Waals surface area contributed by atoms with Gasteiger partial charge in [0.1, 0.15) is 17.7 Å². The summed E-state index contributed by atoms with van der Waals surface area (Å²) in [7, 11) is 0. The summed E-state index contributed by atoms with van der Waals surface area (Å²) in [6.07, 6.45) is 2.77. The molecule has 7 nitrogen and oxygen atoms in total. The third-order valence-corrected chi connectivity index (χ3v) is 5.69. The molecule has 0 saturated carbocycles. The molecule has 198 valence electrons. The van der Waals surface area contributed by atoms with Gasteiger partial charge in [-0.05, 0) is 71.4 Å². The van der Waals surface area contributed by atoms with Crippen LogP contribution in [0.5, 0.6) is 0 Å². The maximum absolute atomic E-state index is 13.9. The third-order valence-electron chi connectivity index (χ3n) is 5.69. The van der Waals surface area contributed by atoms with E-state index in [9.17, 15) is 14.4 Å². The molecular weight excluding hydrogens is 442 g/mol. The topological polar surface area (TPSA) is 87.7 Å². The van der Waals surface area contributed by atoms with Crippen molar-refractivity contribution in [3.63, 3.8) is 0 Å². The van der Waals surface area contributed by atoms with Gasteiger partial charge in [0.15, 0.2) is 0 Å². The molecule has 2 N–H and O–H groups in total. The first-order valence-corrected chi connectivity index (χ1v) is 13.0. The van der Waals surface area contributed by atoms with Crippen LogP contribution in [0.3, 0.4) is 0 Å². The average Bonchev–Trinajstić information content (AvgIpc) is 2.74. The van der Waals surface area contributed by atoms with Gasteiger partial charge in [-0.1, -0.05) is 57.4 Å². The van der Waals surface area contributed by atoms with Crippen molar-refractivity contribution in [2.24, 2.45) is 5.92 Å². The molecule has 3 amide bonds. The SMILES string of the molecule is CCCCCNC(=O)C(c1cc(C)ccc1C)N(CC)C(=O)C(CC(C)C)NC(=O)OC(C)(C)C. The van der Waals surface area contributed by atoms with E-state index in [4.69, 9.17) is 4.74 Å². The highest BCUT2D eigenvalue weighted by Crippen LogP contribution is 2.27. The fourth-order valence-corrected chi connectivity index (χ4v) is 4.00. The Labute approximate surface area is 212 Å². The zero-order chi connectivity index (χ0) is 26.8. The van der Waals surface area contributed by atoms with E-state index in [-0.39, 0.29) is 17.7 Å². The minimum absolute atomic E-state index is 0.152. The highest BCUT2D eigenvalue weighted by atomic mass is 16.6. The van der Waals surface area contributed by atoms with Gasteiger partial charge in [-0.25, -0.2) is 4.79 Å². The summed E-state index contributed by atoms with van der Waals surface area (Å²) in [6.45, 7) is 18.1. The molecular formula is C28H47N3O4. The van der Waals surface area contributed by atoms with E-state index >= 15 is 0 Å². The number of nitrogens with zero attached hydrogens (tertiary/aromatic N) is 1. The van der Waals surface area contributed by atoms with E-state index in [1.807, 2.05) is 52.8 Å². The standard InChI is InChI=1S/C28H47N3O4/c1-10-12-13-16-29-25(32)24(22-18-20(5)14-15-21(22)6)31(11-2)26(33)23(17-19(3)4)30-27(34)35-28(7,8)9/h14-15,18-19,23-24H,10-13,16-17H2,1-9H3,(H,29,32)(H,30,34). The predicted molar refractivity (Wildman–Crippen MR) is 141 cm³/mol. The monoisotopic (exact) mass is 489 g/mol. The molecule has 7 heteroatoms. The molecule has 0 aliphatic rings. The van der Waals surface area contributed by atoms with Crippen LogP contribution in [-0.2, 0) is 14.3 Å². The van der Waals surface area contributed by atoms with Crippen LogP contribution in [0.25, 0.3) is 0 Å². The fraction of sp³-hybridized carbons (Fsp3) is 0.679. The predicted octanol–water partition coefficient (Wildman–Crippen LogP) is 5.44. The minimum Gasteiger partial charge on any atom is -0.444 e. The number of carbonyl (C=O) groups is 3. The second kappa shape index (κ2) is 14.1. The molecule has 0 aromatic heterocycles. The summed E-state index contributed by atoms with van der Waals surface area (Å²) in [5.74, 6) is -0.341. The highest BCUT2D eigenvalue weighted by molar-refractivity contribution is 5.92. The fourth-order valence-electron chi connectivity index (χ4n) is 4.00. The lowest BCUT2D eigenvalue weighted by atomic mass is 9.95. The van der Waals surface area contributed by atoms with Crippen LogP contribution < -0.4 is 10.6 Å².